The lowest BCUT2D eigenvalue weighted by atomic mass is 10.1. The van der Waals surface area contributed by atoms with Crippen LogP contribution in [0.25, 0.3) is 0 Å². The van der Waals surface area contributed by atoms with Gasteiger partial charge in [0.2, 0.25) is 0 Å². The second kappa shape index (κ2) is 4.61. The Balaban J connectivity index is 2.64. The summed E-state index contributed by atoms with van der Waals surface area (Å²) < 4.78 is 0. The fraction of sp³-hybridized carbons (Fsp3) is 0.250. The first-order chi connectivity index (χ1) is 6.59. The zero-order valence-corrected chi connectivity index (χ0v) is 8.63. The number of hydrogen-bond donors (Lipinski definition) is 1. The van der Waals surface area contributed by atoms with Crippen LogP contribution in [0.2, 0.25) is 0 Å². The summed E-state index contributed by atoms with van der Waals surface area (Å²) in [4.78, 5) is 11.0. The summed E-state index contributed by atoms with van der Waals surface area (Å²) in [6.45, 7) is 8.10. The molecule has 0 aliphatic rings. The maximum absolute atomic E-state index is 11.0. The Kier molecular flexibility index (Phi) is 3.46. The first-order valence-electron chi connectivity index (χ1n) is 4.59. The average Bonchev–Trinajstić information content (AvgIpc) is 2.15. The van der Waals surface area contributed by atoms with E-state index < -0.39 is 0 Å². The highest BCUT2D eigenvalue weighted by atomic mass is 16.1. The molecule has 1 aromatic rings. The summed E-state index contributed by atoms with van der Waals surface area (Å²) in [5.41, 5.74) is 2.84. The SMILES string of the molecule is C=C(C)CNc1ccc(C(C)=O)cc1. The van der Waals surface area contributed by atoms with Gasteiger partial charge in [-0.1, -0.05) is 12.2 Å². The molecule has 0 unspecified atom stereocenters. The minimum atomic E-state index is 0.0939. The zero-order chi connectivity index (χ0) is 10.6. The van der Waals surface area contributed by atoms with E-state index in [9.17, 15) is 4.79 Å². The van der Waals surface area contributed by atoms with E-state index in [0.29, 0.717) is 0 Å². The average molecular weight is 189 g/mol. The molecule has 1 aromatic carbocycles. The van der Waals surface area contributed by atoms with Crippen LogP contribution in [0.15, 0.2) is 36.4 Å². The third-order valence-corrected chi connectivity index (χ3v) is 1.89. The minimum absolute atomic E-state index is 0.0939. The van der Waals surface area contributed by atoms with Gasteiger partial charge in [-0.05, 0) is 38.1 Å². The van der Waals surface area contributed by atoms with Crippen molar-refractivity contribution in [3.05, 3.63) is 42.0 Å². The summed E-state index contributed by atoms with van der Waals surface area (Å²) in [5, 5.41) is 3.20. The second-order valence-corrected chi connectivity index (χ2v) is 3.44. The molecule has 0 fully saturated rings. The molecular formula is C12H15NO. The summed E-state index contributed by atoms with van der Waals surface area (Å²) in [7, 11) is 0. The van der Waals surface area contributed by atoms with Gasteiger partial charge in [0.25, 0.3) is 0 Å². The number of rotatable bonds is 4. The molecule has 1 N–H and O–H groups in total. The molecule has 0 amide bonds. The fourth-order valence-electron chi connectivity index (χ4n) is 1.08. The van der Waals surface area contributed by atoms with Gasteiger partial charge in [-0.3, -0.25) is 4.79 Å². The largest absolute Gasteiger partial charge is 0.381 e. The highest BCUT2D eigenvalue weighted by Crippen LogP contribution is 2.10. The van der Waals surface area contributed by atoms with Crippen molar-refractivity contribution in [3.8, 4) is 0 Å². The summed E-state index contributed by atoms with van der Waals surface area (Å²) in [5.74, 6) is 0.0939. The lowest BCUT2D eigenvalue weighted by Crippen LogP contribution is -2.02. The van der Waals surface area contributed by atoms with Crippen molar-refractivity contribution >= 4 is 11.5 Å². The van der Waals surface area contributed by atoms with E-state index in [1.54, 1.807) is 6.92 Å². The van der Waals surface area contributed by atoms with Gasteiger partial charge in [0, 0.05) is 17.8 Å². The summed E-state index contributed by atoms with van der Waals surface area (Å²) >= 11 is 0. The van der Waals surface area contributed by atoms with Crippen molar-refractivity contribution in [2.24, 2.45) is 0 Å². The maximum Gasteiger partial charge on any atom is 0.159 e. The van der Waals surface area contributed by atoms with Crippen LogP contribution in [0.1, 0.15) is 24.2 Å². The van der Waals surface area contributed by atoms with E-state index in [1.807, 2.05) is 31.2 Å². The molecule has 0 bridgehead atoms. The van der Waals surface area contributed by atoms with Crippen LogP contribution < -0.4 is 5.32 Å². The van der Waals surface area contributed by atoms with Gasteiger partial charge in [0.15, 0.2) is 5.78 Å². The summed E-state index contributed by atoms with van der Waals surface area (Å²) in [6.07, 6.45) is 0. The van der Waals surface area contributed by atoms with E-state index in [1.165, 1.54) is 0 Å². The molecule has 0 atom stereocenters. The molecule has 2 nitrogen and oxygen atoms in total. The van der Waals surface area contributed by atoms with Crippen LogP contribution in [0, 0.1) is 0 Å². The van der Waals surface area contributed by atoms with Crippen LogP contribution in [-0.2, 0) is 0 Å². The first-order valence-corrected chi connectivity index (χ1v) is 4.59. The van der Waals surface area contributed by atoms with E-state index in [-0.39, 0.29) is 5.78 Å². The molecule has 0 radical (unpaired) electrons. The van der Waals surface area contributed by atoms with Crippen molar-refractivity contribution in [2.45, 2.75) is 13.8 Å². The molecule has 0 aliphatic heterocycles. The number of Topliss-reactive ketones (excluding diaryl/α,β-unsaturated/α-hetero) is 1. The number of benzene rings is 1. The monoisotopic (exact) mass is 189 g/mol. The van der Waals surface area contributed by atoms with Crippen LogP contribution >= 0.6 is 0 Å². The Morgan fingerprint density at radius 1 is 1.29 bits per heavy atom. The Bertz CT molecular complexity index is 338. The molecular weight excluding hydrogens is 174 g/mol. The normalized spacial score (nSPS) is 9.57. The van der Waals surface area contributed by atoms with Crippen molar-refractivity contribution in [1.82, 2.24) is 0 Å². The van der Waals surface area contributed by atoms with Crippen molar-refractivity contribution in [3.63, 3.8) is 0 Å². The number of anilines is 1. The van der Waals surface area contributed by atoms with Gasteiger partial charge in [-0.2, -0.15) is 0 Å². The third-order valence-electron chi connectivity index (χ3n) is 1.89. The number of nitrogens with one attached hydrogen (secondary N) is 1. The lowest BCUT2D eigenvalue weighted by molar-refractivity contribution is 0.101. The van der Waals surface area contributed by atoms with Crippen LogP contribution in [0.3, 0.4) is 0 Å². The van der Waals surface area contributed by atoms with Gasteiger partial charge >= 0.3 is 0 Å². The smallest absolute Gasteiger partial charge is 0.159 e. The molecule has 74 valence electrons. The molecule has 0 saturated heterocycles. The highest BCUT2D eigenvalue weighted by Gasteiger charge is 1.97. The van der Waals surface area contributed by atoms with Crippen LogP contribution in [0.4, 0.5) is 5.69 Å². The molecule has 0 aliphatic carbocycles. The topological polar surface area (TPSA) is 29.1 Å². The van der Waals surface area contributed by atoms with Crippen LogP contribution in [-0.4, -0.2) is 12.3 Å². The molecule has 0 heterocycles. The van der Waals surface area contributed by atoms with Gasteiger partial charge in [0.05, 0.1) is 0 Å². The Morgan fingerprint density at radius 2 is 1.86 bits per heavy atom. The highest BCUT2D eigenvalue weighted by molar-refractivity contribution is 5.94. The zero-order valence-electron chi connectivity index (χ0n) is 8.63. The molecule has 0 aromatic heterocycles. The van der Waals surface area contributed by atoms with E-state index in [4.69, 9.17) is 0 Å². The third kappa shape index (κ3) is 3.05. The number of carbonyl (C=O) groups excluding carboxylic acids is 1. The molecule has 1 rings (SSSR count). The Labute approximate surface area is 84.6 Å². The lowest BCUT2D eigenvalue weighted by Gasteiger charge is -2.05. The molecule has 2 heteroatoms. The summed E-state index contributed by atoms with van der Waals surface area (Å²) in [6, 6.07) is 7.45. The van der Waals surface area contributed by atoms with Crippen molar-refractivity contribution in [1.29, 1.82) is 0 Å². The Morgan fingerprint density at radius 3 is 2.29 bits per heavy atom. The number of ketones is 1. The maximum atomic E-state index is 11.0. The molecule has 0 saturated carbocycles. The number of hydrogen-bond acceptors (Lipinski definition) is 2. The predicted octanol–water partition coefficient (Wildman–Crippen LogP) is 2.88. The quantitative estimate of drug-likeness (QED) is 0.583. The number of carbonyl (C=O) groups is 1. The molecule has 14 heavy (non-hydrogen) atoms. The Hall–Kier alpha value is -1.57. The standard InChI is InChI=1S/C12H15NO/c1-9(2)8-13-12-6-4-11(5-7-12)10(3)14/h4-7,13H,1,8H2,2-3H3. The van der Waals surface area contributed by atoms with E-state index in [0.717, 1.165) is 23.4 Å². The predicted molar refractivity (Wildman–Crippen MR) is 59.8 cm³/mol. The minimum Gasteiger partial charge on any atom is -0.381 e. The van der Waals surface area contributed by atoms with Gasteiger partial charge in [-0.15, -0.1) is 0 Å². The fourth-order valence-corrected chi connectivity index (χ4v) is 1.08. The second-order valence-electron chi connectivity index (χ2n) is 3.44. The molecule has 0 spiro atoms. The van der Waals surface area contributed by atoms with Gasteiger partial charge < -0.3 is 5.32 Å². The first kappa shape index (κ1) is 10.5. The van der Waals surface area contributed by atoms with Gasteiger partial charge in [0.1, 0.15) is 0 Å². The van der Waals surface area contributed by atoms with Gasteiger partial charge in [-0.25, -0.2) is 0 Å². The van der Waals surface area contributed by atoms with E-state index in [2.05, 4.69) is 11.9 Å². The van der Waals surface area contributed by atoms with E-state index >= 15 is 0 Å². The van der Waals surface area contributed by atoms with Crippen molar-refractivity contribution < 1.29 is 4.79 Å². The van der Waals surface area contributed by atoms with Crippen LogP contribution in [0.5, 0.6) is 0 Å². The van der Waals surface area contributed by atoms with Crippen molar-refractivity contribution in [2.75, 3.05) is 11.9 Å².